The molecule has 0 unspecified atom stereocenters. The van der Waals surface area contributed by atoms with Crippen molar-refractivity contribution in [2.45, 2.75) is 13.3 Å². The Labute approximate surface area is 70.4 Å². The second-order valence-electron chi connectivity index (χ2n) is 1.96. The van der Waals surface area contributed by atoms with Crippen molar-refractivity contribution >= 4 is 12.0 Å². The monoisotopic (exact) mass is 175 g/mol. The Kier molecular flexibility index (Phi) is 5.72. The summed E-state index contributed by atoms with van der Waals surface area (Å²) in [6.07, 6.45) is 0.154. The summed E-state index contributed by atoms with van der Waals surface area (Å²) in [6.45, 7) is 2.29. The highest BCUT2D eigenvalue weighted by molar-refractivity contribution is 5.74. The molecule has 0 aliphatic rings. The predicted molar refractivity (Wildman–Crippen MR) is 42.0 cm³/mol. The third-order valence-corrected chi connectivity index (χ3v) is 1.05. The van der Waals surface area contributed by atoms with Crippen molar-refractivity contribution in [1.82, 2.24) is 10.7 Å². The maximum Gasteiger partial charge on any atom is 0.328 e. The first-order valence-corrected chi connectivity index (χ1v) is 3.60. The van der Waals surface area contributed by atoms with Crippen LogP contribution in [-0.2, 0) is 9.53 Å². The number of esters is 1. The van der Waals surface area contributed by atoms with E-state index in [1.807, 2.05) is 5.43 Å². The van der Waals surface area contributed by atoms with Crippen molar-refractivity contribution < 1.29 is 14.3 Å². The number of hydrogen-bond acceptors (Lipinski definition) is 4. The Bertz CT molecular complexity index is 160. The third-order valence-electron chi connectivity index (χ3n) is 1.05. The Morgan fingerprint density at radius 1 is 1.50 bits per heavy atom. The van der Waals surface area contributed by atoms with E-state index in [0.717, 1.165) is 0 Å². The van der Waals surface area contributed by atoms with E-state index in [0.29, 0.717) is 6.61 Å². The number of amides is 2. The first-order chi connectivity index (χ1) is 5.70. The van der Waals surface area contributed by atoms with E-state index in [1.165, 1.54) is 0 Å². The molecule has 0 aliphatic heterocycles. The zero-order valence-corrected chi connectivity index (χ0v) is 6.92. The molecule has 12 heavy (non-hydrogen) atoms. The first-order valence-electron chi connectivity index (χ1n) is 3.60. The van der Waals surface area contributed by atoms with Crippen molar-refractivity contribution in [2.24, 2.45) is 5.84 Å². The smallest absolute Gasteiger partial charge is 0.328 e. The minimum atomic E-state index is -0.515. The fraction of sp³-hybridized carbons (Fsp3) is 0.667. The number of rotatable bonds is 4. The lowest BCUT2D eigenvalue weighted by Crippen LogP contribution is -2.40. The molecule has 0 saturated carbocycles. The molecule has 0 saturated heterocycles. The number of carbonyl (C=O) groups is 2. The zero-order chi connectivity index (χ0) is 9.40. The molecule has 0 aromatic rings. The molecule has 0 bridgehead atoms. The van der Waals surface area contributed by atoms with E-state index in [2.05, 4.69) is 10.1 Å². The topological polar surface area (TPSA) is 93.4 Å². The van der Waals surface area contributed by atoms with E-state index in [1.54, 1.807) is 6.92 Å². The van der Waals surface area contributed by atoms with Crippen LogP contribution in [0.1, 0.15) is 13.3 Å². The maximum absolute atomic E-state index is 10.7. The molecule has 0 heterocycles. The summed E-state index contributed by atoms with van der Waals surface area (Å²) in [5.41, 5.74) is 1.87. The standard InChI is InChI=1S/C6H13N3O3/c1-2-12-5(10)3-4-8-6(11)9-7/h2-4,7H2,1H3,(H2,8,9,11). The van der Waals surface area contributed by atoms with Crippen LogP contribution in [0.2, 0.25) is 0 Å². The Morgan fingerprint density at radius 2 is 2.17 bits per heavy atom. The van der Waals surface area contributed by atoms with Crippen molar-refractivity contribution in [3.63, 3.8) is 0 Å². The fourth-order valence-electron chi connectivity index (χ4n) is 0.562. The molecule has 6 heteroatoms. The zero-order valence-electron chi connectivity index (χ0n) is 6.92. The number of nitrogens with two attached hydrogens (primary N) is 1. The Morgan fingerprint density at radius 3 is 2.67 bits per heavy atom. The first kappa shape index (κ1) is 10.7. The molecule has 2 amide bonds. The van der Waals surface area contributed by atoms with Crippen LogP contribution in [0.4, 0.5) is 4.79 Å². The van der Waals surface area contributed by atoms with Gasteiger partial charge in [0.15, 0.2) is 0 Å². The molecule has 70 valence electrons. The van der Waals surface area contributed by atoms with Gasteiger partial charge in [-0.05, 0) is 6.92 Å². The number of carbonyl (C=O) groups excluding carboxylic acids is 2. The number of hydrazine groups is 1. The predicted octanol–water partition coefficient (Wildman–Crippen LogP) is -0.887. The lowest BCUT2D eigenvalue weighted by atomic mass is 10.4. The van der Waals surface area contributed by atoms with Gasteiger partial charge in [-0.1, -0.05) is 0 Å². The minimum absolute atomic E-state index is 0.154. The lowest BCUT2D eigenvalue weighted by molar-refractivity contribution is -0.142. The van der Waals surface area contributed by atoms with Gasteiger partial charge in [0, 0.05) is 6.54 Å². The Balaban J connectivity index is 3.30. The minimum Gasteiger partial charge on any atom is -0.466 e. The normalized spacial score (nSPS) is 8.83. The van der Waals surface area contributed by atoms with Crippen molar-refractivity contribution in [3.05, 3.63) is 0 Å². The average Bonchev–Trinajstić information content (AvgIpc) is 2.04. The summed E-state index contributed by atoms with van der Waals surface area (Å²) in [4.78, 5) is 21.1. The van der Waals surface area contributed by atoms with Gasteiger partial charge in [0.1, 0.15) is 0 Å². The second-order valence-corrected chi connectivity index (χ2v) is 1.96. The van der Waals surface area contributed by atoms with Gasteiger partial charge in [0.05, 0.1) is 13.0 Å². The quantitative estimate of drug-likeness (QED) is 0.224. The highest BCUT2D eigenvalue weighted by Gasteiger charge is 2.01. The van der Waals surface area contributed by atoms with Crippen molar-refractivity contribution in [2.75, 3.05) is 13.2 Å². The number of ether oxygens (including phenoxy) is 1. The van der Waals surface area contributed by atoms with Gasteiger partial charge in [-0.15, -0.1) is 0 Å². The van der Waals surface area contributed by atoms with Crippen LogP contribution in [-0.4, -0.2) is 25.2 Å². The Hall–Kier alpha value is -1.30. The van der Waals surface area contributed by atoms with Gasteiger partial charge in [-0.25, -0.2) is 10.6 Å². The highest BCUT2D eigenvalue weighted by atomic mass is 16.5. The van der Waals surface area contributed by atoms with Crippen molar-refractivity contribution in [3.8, 4) is 0 Å². The molecular formula is C6H13N3O3. The lowest BCUT2D eigenvalue weighted by Gasteiger charge is -2.03. The second kappa shape index (κ2) is 6.41. The van der Waals surface area contributed by atoms with Crippen LogP contribution in [0.3, 0.4) is 0 Å². The summed E-state index contributed by atoms with van der Waals surface area (Å²) >= 11 is 0. The molecular weight excluding hydrogens is 162 g/mol. The highest BCUT2D eigenvalue weighted by Crippen LogP contribution is 1.83. The van der Waals surface area contributed by atoms with Gasteiger partial charge < -0.3 is 10.1 Å². The van der Waals surface area contributed by atoms with Gasteiger partial charge in [0.2, 0.25) is 0 Å². The number of nitrogens with one attached hydrogen (secondary N) is 2. The average molecular weight is 175 g/mol. The van der Waals surface area contributed by atoms with Crippen LogP contribution < -0.4 is 16.6 Å². The SMILES string of the molecule is CCOC(=O)CCNC(=O)NN. The van der Waals surface area contributed by atoms with Crippen LogP contribution in [0.15, 0.2) is 0 Å². The van der Waals surface area contributed by atoms with Gasteiger partial charge >= 0.3 is 12.0 Å². The molecule has 0 atom stereocenters. The van der Waals surface area contributed by atoms with E-state index >= 15 is 0 Å². The summed E-state index contributed by atoms with van der Waals surface area (Å²) in [6, 6.07) is -0.515. The maximum atomic E-state index is 10.7. The number of urea groups is 1. The summed E-state index contributed by atoms with van der Waals surface area (Å²) in [5, 5.41) is 2.35. The van der Waals surface area contributed by atoms with Crippen LogP contribution in [0.5, 0.6) is 0 Å². The molecule has 0 aromatic heterocycles. The van der Waals surface area contributed by atoms with E-state index in [4.69, 9.17) is 5.84 Å². The summed E-state index contributed by atoms with van der Waals surface area (Å²) in [5.74, 6) is 4.43. The molecule has 6 nitrogen and oxygen atoms in total. The van der Waals surface area contributed by atoms with Gasteiger partial charge in [-0.2, -0.15) is 0 Å². The molecule has 0 fully saturated rings. The molecule has 0 spiro atoms. The molecule has 0 aliphatic carbocycles. The van der Waals surface area contributed by atoms with E-state index in [9.17, 15) is 9.59 Å². The molecule has 0 radical (unpaired) electrons. The largest absolute Gasteiger partial charge is 0.466 e. The van der Waals surface area contributed by atoms with Gasteiger partial charge in [0.25, 0.3) is 0 Å². The molecule has 4 N–H and O–H groups in total. The fourth-order valence-corrected chi connectivity index (χ4v) is 0.562. The van der Waals surface area contributed by atoms with Crippen LogP contribution >= 0.6 is 0 Å². The van der Waals surface area contributed by atoms with Crippen LogP contribution in [0, 0.1) is 0 Å². The summed E-state index contributed by atoms with van der Waals surface area (Å²) in [7, 11) is 0. The third kappa shape index (κ3) is 5.48. The van der Waals surface area contributed by atoms with E-state index in [-0.39, 0.29) is 18.9 Å². The molecule has 0 rings (SSSR count). The van der Waals surface area contributed by atoms with E-state index < -0.39 is 6.03 Å². The van der Waals surface area contributed by atoms with Gasteiger partial charge in [-0.3, -0.25) is 10.2 Å². The number of hydrogen-bond donors (Lipinski definition) is 3. The summed E-state index contributed by atoms with van der Waals surface area (Å²) < 4.78 is 4.62. The van der Waals surface area contributed by atoms with Crippen LogP contribution in [0.25, 0.3) is 0 Å². The molecule has 0 aromatic carbocycles. The van der Waals surface area contributed by atoms with Crippen molar-refractivity contribution in [1.29, 1.82) is 0 Å².